The first-order chi connectivity index (χ1) is 48.0. The van der Waals surface area contributed by atoms with E-state index in [1.165, 1.54) is 205 Å². The Balaban J connectivity index is 3.95. The second-order valence-electron chi connectivity index (χ2n) is 28.0. The number of rotatable bonds is 74. The van der Waals surface area contributed by atoms with Gasteiger partial charge in [-0.1, -0.05) is 365 Å². The summed E-state index contributed by atoms with van der Waals surface area (Å²) in [5, 5.41) is 0. The lowest BCUT2D eigenvalue weighted by Crippen LogP contribution is -2.37. The number of allylic oxidation sites excluding steroid dienone is 24. The fourth-order valence-corrected chi connectivity index (χ4v) is 12.0. The van der Waals surface area contributed by atoms with Crippen LogP contribution in [-0.2, 0) is 32.7 Å². The molecule has 0 aliphatic carbocycles. The van der Waals surface area contributed by atoms with E-state index in [2.05, 4.69) is 160 Å². The third-order valence-corrected chi connectivity index (χ3v) is 18.3. The van der Waals surface area contributed by atoms with E-state index in [-0.39, 0.29) is 32.0 Å². The van der Waals surface area contributed by atoms with Crippen LogP contribution in [0.2, 0.25) is 0 Å². The number of phosphoric acid groups is 1. The molecule has 0 saturated carbocycles. The predicted molar refractivity (Wildman–Crippen MR) is 427 cm³/mol. The third-order valence-electron chi connectivity index (χ3n) is 17.4. The van der Waals surface area contributed by atoms with Crippen LogP contribution in [0.3, 0.4) is 0 Å². The number of ether oxygens (including phenoxy) is 2. The van der Waals surface area contributed by atoms with Crippen LogP contribution < -0.4 is 0 Å². The van der Waals surface area contributed by atoms with E-state index in [1.54, 1.807) is 0 Å². The first kappa shape index (κ1) is 93.9. The highest BCUT2D eigenvalue weighted by molar-refractivity contribution is 7.47. The predicted octanol–water partition coefficient (Wildman–Crippen LogP) is 27.3. The van der Waals surface area contributed by atoms with E-state index in [9.17, 15) is 19.0 Å². The maximum Gasteiger partial charge on any atom is 0.472 e. The summed E-state index contributed by atoms with van der Waals surface area (Å²) in [4.78, 5) is 36.0. The maximum atomic E-state index is 12.9. The van der Waals surface area contributed by atoms with E-state index in [0.29, 0.717) is 17.4 Å². The lowest BCUT2D eigenvalue weighted by Gasteiger charge is -2.24. The molecule has 0 bridgehead atoms. The first-order valence-electron chi connectivity index (χ1n) is 40.6. The van der Waals surface area contributed by atoms with Crippen LogP contribution in [0.5, 0.6) is 0 Å². The van der Waals surface area contributed by atoms with Crippen LogP contribution in [0.25, 0.3) is 0 Å². The van der Waals surface area contributed by atoms with Crippen molar-refractivity contribution in [1.29, 1.82) is 0 Å². The van der Waals surface area contributed by atoms with Crippen molar-refractivity contribution < 1.29 is 42.1 Å². The topological polar surface area (TPSA) is 108 Å². The summed E-state index contributed by atoms with van der Waals surface area (Å²) < 4.78 is 34.8. The lowest BCUT2D eigenvalue weighted by molar-refractivity contribution is -0.870. The largest absolute Gasteiger partial charge is 0.472 e. The molecule has 0 aliphatic rings. The average molecular weight is 1380 g/mol. The highest BCUT2D eigenvalue weighted by atomic mass is 31.2. The van der Waals surface area contributed by atoms with Crippen LogP contribution in [-0.4, -0.2) is 74.9 Å². The molecule has 1 N–H and O–H groups in total. The van der Waals surface area contributed by atoms with Crippen molar-refractivity contribution in [2.45, 2.75) is 354 Å². The number of carbonyl (C=O) groups excluding carboxylic acids is 2. The summed E-state index contributed by atoms with van der Waals surface area (Å²) in [5.41, 5.74) is 0. The Morgan fingerprint density at radius 2 is 0.551 bits per heavy atom. The fourth-order valence-electron chi connectivity index (χ4n) is 11.3. The lowest BCUT2D eigenvalue weighted by atomic mass is 10.0. The number of carbonyl (C=O) groups is 2. The number of phosphoric ester groups is 1. The molecule has 0 heterocycles. The van der Waals surface area contributed by atoms with Gasteiger partial charge in [-0.2, -0.15) is 0 Å². The first-order valence-corrected chi connectivity index (χ1v) is 42.1. The van der Waals surface area contributed by atoms with Gasteiger partial charge in [0, 0.05) is 12.8 Å². The van der Waals surface area contributed by atoms with Gasteiger partial charge in [-0.15, -0.1) is 0 Å². The molecule has 9 nitrogen and oxygen atoms in total. The summed E-state index contributed by atoms with van der Waals surface area (Å²) in [7, 11) is 1.48. The van der Waals surface area contributed by atoms with Gasteiger partial charge in [0.25, 0.3) is 0 Å². The summed E-state index contributed by atoms with van der Waals surface area (Å²) in [6.07, 6.45) is 114. The quantitative estimate of drug-likeness (QED) is 0.0211. The SMILES string of the molecule is CC/C=C\C/C=C\C/C=C\C/C=C\C/C=C\C/C=C\CCCCCCCCCCCCCCCCCCCCCCCCC(=O)OC(COC(=O)CCCCCCCCCCCCCCCC/C=C\C/C=C\C/C=C\C/C=C\C/C=C\C/C=C\CC)COP(=O)(O)OCC[N+](C)(C)C. The van der Waals surface area contributed by atoms with Gasteiger partial charge in [-0.05, 0) is 116 Å². The molecule has 0 fully saturated rings. The van der Waals surface area contributed by atoms with E-state index < -0.39 is 26.5 Å². The van der Waals surface area contributed by atoms with E-state index in [4.69, 9.17) is 18.5 Å². The van der Waals surface area contributed by atoms with Crippen molar-refractivity contribution in [3.8, 4) is 0 Å². The van der Waals surface area contributed by atoms with Gasteiger partial charge in [-0.3, -0.25) is 18.6 Å². The van der Waals surface area contributed by atoms with Gasteiger partial charge in [-0.25, -0.2) is 4.57 Å². The van der Waals surface area contributed by atoms with Crippen molar-refractivity contribution in [2.24, 2.45) is 0 Å². The van der Waals surface area contributed by atoms with E-state index in [0.717, 1.165) is 109 Å². The molecule has 0 saturated heterocycles. The molecule has 0 aromatic rings. The number of hydrogen-bond donors (Lipinski definition) is 1. The third kappa shape index (κ3) is 80.9. The molecule has 0 aliphatic heterocycles. The Bertz CT molecular complexity index is 2170. The molecular formula is C88H153NO8P+. The monoisotopic (exact) mass is 1380 g/mol. The molecule has 0 amide bonds. The molecule has 0 radical (unpaired) electrons. The van der Waals surface area contributed by atoms with Crippen LogP contribution in [0.4, 0.5) is 0 Å². The molecular weight excluding hydrogens is 1230 g/mol. The molecule has 0 aromatic carbocycles. The minimum Gasteiger partial charge on any atom is -0.462 e. The van der Waals surface area contributed by atoms with Crippen molar-refractivity contribution in [3.63, 3.8) is 0 Å². The Morgan fingerprint density at radius 1 is 0.316 bits per heavy atom. The smallest absolute Gasteiger partial charge is 0.462 e. The van der Waals surface area contributed by atoms with Gasteiger partial charge in [0.05, 0.1) is 27.7 Å². The minimum absolute atomic E-state index is 0.0286. The number of quaternary nitrogens is 1. The molecule has 562 valence electrons. The molecule has 0 spiro atoms. The molecule has 2 atom stereocenters. The van der Waals surface area contributed by atoms with Gasteiger partial charge in [0.1, 0.15) is 19.8 Å². The molecule has 2 unspecified atom stereocenters. The van der Waals surface area contributed by atoms with Gasteiger partial charge >= 0.3 is 19.8 Å². The Hall–Kier alpha value is -4.11. The minimum atomic E-state index is -4.40. The zero-order valence-corrected chi connectivity index (χ0v) is 65.1. The summed E-state index contributed by atoms with van der Waals surface area (Å²) in [6.45, 7) is 4.24. The van der Waals surface area contributed by atoms with Crippen LogP contribution in [0, 0.1) is 0 Å². The molecule has 0 rings (SSSR count). The van der Waals surface area contributed by atoms with Crippen LogP contribution in [0.1, 0.15) is 348 Å². The molecule has 10 heteroatoms. The molecule has 0 aromatic heterocycles. The zero-order chi connectivity index (χ0) is 71.1. The Morgan fingerprint density at radius 3 is 0.816 bits per heavy atom. The number of likely N-dealkylation sites (N-methyl/N-ethyl adjacent to an activating group) is 1. The Kier molecular flexibility index (Phi) is 73.8. The zero-order valence-electron chi connectivity index (χ0n) is 64.2. The number of nitrogens with zero attached hydrogens (tertiary/aromatic N) is 1. The standard InChI is InChI=1S/C88H152NO8P/c1-6-8-10-12-14-16-18-20-22-24-26-28-30-32-34-36-38-40-41-42-43-44-45-46-47-49-51-53-55-57-59-61-63-65-67-69-71-73-75-77-79-81-88(91)97-86(85-96-98(92,93)95-83-82-89(3,4)5)84-94-87(90)80-78-76-74-72-70-68-66-64-62-60-58-56-54-52-50-48-39-37-35-33-31-29-27-25-23-21-19-17-15-13-11-9-7-2/h8-11,14-17,20-23,26-29,32-35,38-40,48,86H,6-7,12-13,18-19,24-25,30-31,36-37,41-47,49-85H2,1-5H3/p+1/b10-8-,11-9-,16-14-,17-15-,22-20-,23-21-,28-26-,29-27-,34-32-,35-33-,40-38-,48-39-. The van der Waals surface area contributed by atoms with Crippen molar-refractivity contribution >= 4 is 19.8 Å². The van der Waals surface area contributed by atoms with Crippen LogP contribution in [0.15, 0.2) is 146 Å². The Labute approximate surface area is 605 Å². The van der Waals surface area contributed by atoms with Gasteiger partial charge in [0.15, 0.2) is 6.10 Å². The summed E-state index contributed by atoms with van der Waals surface area (Å²) in [6, 6.07) is 0. The van der Waals surface area contributed by atoms with E-state index >= 15 is 0 Å². The van der Waals surface area contributed by atoms with Crippen molar-refractivity contribution in [3.05, 3.63) is 146 Å². The van der Waals surface area contributed by atoms with Crippen molar-refractivity contribution in [2.75, 3.05) is 47.5 Å². The fraction of sp³-hybridized carbons (Fsp3) is 0.705. The van der Waals surface area contributed by atoms with Gasteiger partial charge < -0.3 is 18.9 Å². The normalized spacial score (nSPS) is 13.8. The number of hydrogen-bond acceptors (Lipinski definition) is 7. The van der Waals surface area contributed by atoms with Gasteiger partial charge in [0.2, 0.25) is 0 Å². The maximum absolute atomic E-state index is 12.9. The number of unbranched alkanes of at least 4 members (excludes halogenated alkanes) is 36. The highest BCUT2D eigenvalue weighted by Gasteiger charge is 2.27. The second-order valence-corrected chi connectivity index (χ2v) is 29.5. The van der Waals surface area contributed by atoms with Crippen molar-refractivity contribution in [1.82, 2.24) is 0 Å². The van der Waals surface area contributed by atoms with E-state index in [1.807, 2.05) is 21.1 Å². The molecule has 98 heavy (non-hydrogen) atoms. The van der Waals surface area contributed by atoms with Crippen LogP contribution >= 0.6 is 7.82 Å². The second kappa shape index (κ2) is 77.1. The summed E-state index contributed by atoms with van der Waals surface area (Å²) >= 11 is 0. The number of esters is 2. The highest BCUT2D eigenvalue weighted by Crippen LogP contribution is 2.43. The average Bonchev–Trinajstić information content (AvgIpc) is 1.08. The summed E-state index contributed by atoms with van der Waals surface area (Å²) in [5.74, 6) is -0.789.